The number of hydrogen-bond donors (Lipinski definition) is 1. The summed E-state index contributed by atoms with van der Waals surface area (Å²) >= 11 is 0. The number of anilines is 1. The molecule has 0 bridgehead atoms. The van der Waals surface area contributed by atoms with Crippen LogP contribution in [0.5, 0.6) is 0 Å². The van der Waals surface area contributed by atoms with Gasteiger partial charge >= 0.3 is 0 Å². The van der Waals surface area contributed by atoms with Crippen LogP contribution in [-0.2, 0) is 11.3 Å². The smallest absolute Gasteiger partial charge is 0.270 e. The summed E-state index contributed by atoms with van der Waals surface area (Å²) in [5, 5.41) is 2.83. The zero-order valence-corrected chi connectivity index (χ0v) is 15.2. The van der Waals surface area contributed by atoms with E-state index in [9.17, 15) is 9.59 Å². The number of fused-ring (bicyclic) bond motifs is 1. The molecule has 0 radical (unpaired) electrons. The van der Waals surface area contributed by atoms with Crippen LogP contribution in [0, 0.1) is 0 Å². The van der Waals surface area contributed by atoms with E-state index < -0.39 is 0 Å². The number of carbonyl (C=O) groups is 2. The molecule has 2 aromatic heterocycles. The lowest BCUT2D eigenvalue weighted by atomic mass is 9.97. The van der Waals surface area contributed by atoms with Gasteiger partial charge in [0.15, 0.2) is 0 Å². The molecule has 6 heteroatoms. The lowest BCUT2D eigenvalue weighted by Crippen LogP contribution is -2.23. The van der Waals surface area contributed by atoms with Crippen LogP contribution in [0.3, 0.4) is 0 Å². The molecule has 2 aliphatic heterocycles. The van der Waals surface area contributed by atoms with Gasteiger partial charge in [-0.05, 0) is 42.3 Å². The van der Waals surface area contributed by atoms with E-state index in [1.807, 2.05) is 47.4 Å². The second-order valence-electron chi connectivity index (χ2n) is 7.01. The van der Waals surface area contributed by atoms with Gasteiger partial charge < -0.3 is 10.2 Å². The predicted octanol–water partition coefficient (Wildman–Crippen LogP) is 3.18. The van der Waals surface area contributed by atoms with Crippen molar-refractivity contribution in [2.45, 2.75) is 19.4 Å². The number of hydrogen-bond acceptors (Lipinski definition) is 4. The van der Waals surface area contributed by atoms with Gasteiger partial charge in [0, 0.05) is 54.3 Å². The van der Waals surface area contributed by atoms with Crippen molar-refractivity contribution >= 4 is 17.5 Å². The van der Waals surface area contributed by atoms with Gasteiger partial charge in [-0.1, -0.05) is 12.1 Å². The summed E-state index contributed by atoms with van der Waals surface area (Å²) in [5.41, 5.74) is 5.81. The summed E-state index contributed by atoms with van der Waals surface area (Å²) in [6.07, 6.45) is 4.98. The molecule has 2 aliphatic rings. The molecule has 0 aliphatic carbocycles. The molecule has 138 valence electrons. The molecule has 2 amide bonds. The van der Waals surface area contributed by atoms with Crippen LogP contribution >= 0.6 is 0 Å². The third-order valence-electron chi connectivity index (χ3n) is 5.25. The number of aromatic nitrogens is 2. The number of benzene rings is 1. The highest BCUT2D eigenvalue weighted by Crippen LogP contribution is 2.34. The molecule has 1 aromatic carbocycles. The minimum absolute atomic E-state index is 0.144. The van der Waals surface area contributed by atoms with Gasteiger partial charge in [0.05, 0.1) is 5.69 Å². The number of rotatable bonds is 3. The van der Waals surface area contributed by atoms with Crippen LogP contribution in [0.4, 0.5) is 5.69 Å². The van der Waals surface area contributed by atoms with Gasteiger partial charge in [0.1, 0.15) is 5.69 Å². The van der Waals surface area contributed by atoms with Crippen molar-refractivity contribution in [2.24, 2.45) is 0 Å². The van der Waals surface area contributed by atoms with E-state index in [1.165, 1.54) is 0 Å². The Morgan fingerprint density at radius 2 is 1.86 bits per heavy atom. The normalized spacial score (nSPS) is 15.6. The van der Waals surface area contributed by atoms with Crippen LogP contribution in [0.25, 0.3) is 22.4 Å². The van der Waals surface area contributed by atoms with Gasteiger partial charge in [-0.15, -0.1) is 0 Å². The second-order valence-corrected chi connectivity index (χ2v) is 7.01. The van der Waals surface area contributed by atoms with E-state index in [2.05, 4.69) is 15.3 Å². The molecule has 28 heavy (non-hydrogen) atoms. The summed E-state index contributed by atoms with van der Waals surface area (Å²) < 4.78 is 0. The van der Waals surface area contributed by atoms with E-state index in [-0.39, 0.29) is 11.8 Å². The van der Waals surface area contributed by atoms with Crippen LogP contribution in [-0.4, -0.2) is 28.3 Å². The average Bonchev–Trinajstić information content (AvgIpc) is 3.33. The van der Waals surface area contributed by atoms with Gasteiger partial charge in [-0.25, -0.2) is 4.98 Å². The van der Waals surface area contributed by atoms with Crippen LogP contribution < -0.4 is 10.2 Å². The van der Waals surface area contributed by atoms with Crippen LogP contribution in [0.15, 0.2) is 54.9 Å². The highest BCUT2D eigenvalue weighted by Gasteiger charge is 2.25. The van der Waals surface area contributed by atoms with E-state index in [4.69, 9.17) is 0 Å². The van der Waals surface area contributed by atoms with E-state index in [0.29, 0.717) is 18.7 Å². The lowest BCUT2D eigenvalue weighted by Gasteiger charge is -2.17. The van der Waals surface area contributed by atoms with Crippen molar-refractivity contribution in [2.75, 3.05) is 11.4 Å². The van der Waals surface area contributed by atoms with Gasteiger partial charge in [0.2, 0.25) is 5.91 Å². The van der Waals surface area contributed by atoms with Crippen molar-refractivity contribution < 1.29 is 9.59 Å². The first-order valence-electron chi connectivity index (χ1n) is 9.34. The van der Waals surface area contributed by atoms with Gasteiger partial charge in [-0.2, -0.15) is 0 Å². The Kier molecular flexibility index (Phi) is 3.90. The standard InChI is InChI=1S/C22H18N4O2/c27-19-4-2-10-26(19)17-7-5-14(6-8-17)18-11-16-13-24-22(28)21(16)25-20(18)15-3-1-9-23-12-15/h1,3,5-9,11-12H,2,4,10,13H2,(H,24,28). The number of amides is 2. The Bertz CT molecular complexity index is 1080. The fraction of sp³-hybridized carbons (Fsp3) is 0.182. The maximum Gasteiger partial charge on any atom is 0.270 e. The highest BCUT2D eigenvalue weighted by molar-refractivity contribution is 5.99. The molecular formula is C22H18N4O2. The van der Waals surface area contributed by atoms with E-state index >= 15 is 0 Å². The number of nitrogens with zero attached hydrogens (tertiary/aromatic N) is 3. The molecule has 3 aromatic rings. The zero-order chi connectivity index (χ0) is 19.1. The monoisotopic (exact) mass is 370 g/mol. The maximum absolute atomic E-state index is 12.1. The van der Waals surface area contributed by atoms with Crippen molar-refractivity contribution in [1.29, 1.82) is 0 Å². The molecule has 1 N–H and O–H groups in total. The van der Waals surface area contributed by atoms with Crippen molar-refractivity contribution in [3.05, 3.63) is 66.1 Å². The molecule has 0 unspecified atom stereocenters. The number of nitrogens with one attached hydrogen (secondary N) is 1. The van der Waals surface area contributed by atoms with E-state index in [0.717, 1.165) is 46.6 Å². The third kappa shape index (κ3) is 2.74. The van der Waals surface area contributed by atoms with Gasteiger partial charge in [0.25, 0.3) is 5.91 Å². The molecule has 0 spiro atoms. The fourth-order valence-corrected chi connectivity index (χ4v) is 3.83. The minimum atomic E-state index is -0.144. The SMILES string of the molecule is O=C1NCc2cc(-c3ccc(N4CCCC4=O)cc3)c(-c3cccnc3)nc21. The first-order valence-corrected chi connectivity index (χ1v) is 9.34. The Morgan fingerprint density at radius 1 is 1.00 bits per heavy atom. The van der Waals surface area contributed by atoms with Gasteiger partial charge in [-0.3, -0.25) is 14.6 Å². The Balaban J connectivity index is 1.61. The summed E-state index contributed by atoms with van der Waals surface area (Å²) in [7, 11) is 0. The topological polar surface area (TPSA) is 75.2 Å². The van der Waals surface area contributed by atoms with Crippen LogP contribution in [0.2, 0.25) is 0 Å². The molecule has 0 saturated carbocycles. The predicted molar refractivity (Wildman–Crippen MR) is 106 cm³/mol. The summed E-state index contributed by atoms with van der Waals surface area (Å²) in [4.78, 5) is 34.8. The number of pyridine rings is 2. The second kappa shape index (κ2) is 6.56. The van der Waals surface area contributed by atoms with Crippen LogP contribution in [0.1, 0.15) is 28.9 Å². The van der Waals surface area contributed by atoms with Crippen molar-refractivity contribution in [3.8, 4) is 22.4 Å². The molecule has 5 rings (SSSR count). The zero-order valence-electron chi connectivity index (χ0n) is 15.2. The molecule has 0 atom stereocenters. The fourth-order valence-electron chi connectivity index (χ4n) is 3.83. The molecule has 6 nitrogen and oxygen atoms in total. The largest absolute Gasteiger partial charge is 0.347 e. The lowest BCUT2D eigenvalue weighted by molar-refractivity contribution is -0.117. The first-order chi connectivity index (χ1) is 13.7. The minimum Gasteiger partial charge on any atom is -0.347 e. The average molecular weight is 370 g/mol. The summed E-state index contributed by atoms with van der Waals surface area (Å²) in [6, 6.07) is 13.8. The molecular weight excluding hydrogens is 352 g/mol. The molecule has 4 heterocycles. The Labute approximate surface area is 162 Å². The molecule has 1 saturated heterocycles. The molecule has 1 fully saturated rings. The Morgan fingerprint density at radius 3 is 2.57 bits per heavy atom. The summed E-state index contributed by atoms with van der Waals surface area (Å²) in [5.74, 6) is 0.0298. The van der Waals surface area contributed by atoms with Crippen molar-refractivity contribution in [1.82, 2.24) is 15.3 Å². The Hall–Kier alpha value is -3.54. The summed E-state index contributed by atoms with van der Waals surface area (Å²) in [6.45, 7) is 1.26. The third-order valence-corrected chi connectivity index (χ3v) is 5.25. The first kappa shape index (κ1) is 16.6. The quantitative estimate of drug-likeness (QED) is 0.768. The number of carbonyl (C=O) groups excluding carboxylic acids is 2. The maximum atomic E-state index is 12.1. The van der Waals surface area contributed by atoms with Crippen molar-refractivity contribution in [3.63, 3.8) is 0 Å². The van der Waals surface area contributed by atoms with E-state index in [1.54, 1.807) is 12.4 Å². The highest BCUT2D eigenvalue weighted by atomic mass is 16.2.